The Kier molecular flexibility index (Phi) is 6.58. The van der Waals surface area contributed by atoms with E-state index in [4.69, 9.17) is 17.3 Å². The maximum absolute atomic E-state index is 12.9. The first-order valence-corrected chi connectivity index (χ1v) is 12.3. The predicted octanol–water partition coefficient (Wildman–Crippen LogP) is 4.45. The molecule has 3 heterocycles. The molecular weight excluding hydrogens is 519 g/mol. The Morgan fingerprint density at radius 2 is 2.10 bits per heavy atom. The number of hydrogen-bond donors (Lipinski definition) is 2. The molecule has 8 heteroatoms. The molecule has 1 aliphatic rings. The van der Waals surface area contributed by atoms with Crippen LogP contribution in [0, 0.1) is 0 Å². The first-order valence-electron chi connectivity index (χ1n) is 9.58. The largest absolute Gasteiger partial charge is 0.347 e. The van der Waals surface area contributed by atoms with Crippen LogP contribution in [0.15, 0.2) is 36.5 Å². The number of nitrogens with one attached hydrogen (secondary N) is 1. The van der Waals surface area contributed by atoms with Crippen molar-refractivity contribution in [2.45, 2.75) is 36.3 Å². The van der Waals surface area contributed by atoms with Gasteiger partial charge in [0, 0.05) is 34.0 Å². The Morgan fingerprint density at radius 1 is 1.34 bits per heavy atom. The molecule has 0 aliphatic carbocycles. The Labute approximate surface area is 192 Å². The van der Waals surface area contributed by atoms with Gasteiger partial charge in [-0.1, -0.05) is 58.5 Å². The molecule has 0 saturated heterocycles. The van der Waals surface area contributed by atoms with Gasteiger partial charge in [0.2, 0.25) is 0 Å². The van der Waals surface area contributed by atoms with Crippen molar-refractivity contribution >= 4 is 51.4 Å². The van der Waals surface area contributed by atoms with Crippen molar-refractivity contribution in [3.8, 4) is 11.3 Å². The van der Waals surface area contributed by atoms with Crippen LogP contribution in [0.3, 0.4) is 0 Å². The molecular formula is C21H22ClIN4OS. The number of amides is 1. The minimum Gasteiger partial charge on any atom is -0.347 e. The van der Waals surface area contributed by atoms with E-state index in [-0.39, 0.29) is 11.9 Å². The lowest BCUT2D eigenvalue weighted by atomic mass is 10.0. The Bertz CT molecular complexity index is 1010. The lowest BCUT2D eigenvalue weighted by molar-refractivity contribution is 0.0942. The van der Waals surface area contributed by atoms with Gasteiger partial charge in [0.15, 0.2) is 0 Å². The van der Waals surface area contributed by atoms with Crippen LogP contribution in [0.4, 0.5) is 0 Å². The van der Waals surface area contributed by atoms with Crippen molar-refractivity contribution in [3.05, 3.63) is 62.4 Å². The van der Waals surface area contributed by atoms with Crippen molar-refractivity contribution in [2.75, 3.05) is 6.54 Å². The number of nitrogens with two attached hydrogens (primary N) is 1. The summed E-state index contributed by atoms with van der Waals surface area (Å²) in [5.41, 5.74) is 10.4. The molecule has 0 unspecified atom stereocenters. The third-order valence-electron chi connectivity index (χ3n) is 5.14. The first-order chi connectivity index (χ1) is 14.1. The summed E-state index contributed by atoms with van der Waals surface area (Å²) in [7, 11) is 0. The van der Waals surface area contributed by atoms with Crippen LogP contribution < -0.4 is 11.1 Å². The third-order valence-corrected chi connectivity index (χ3v) is 7.49. The number of carbonyl (C=O) groups is 1. The minimum atomic E-state index is -0.107. The average molecular weight is 541 g/mol. The fourth-order valence-corrected chi connectivity index (χ4v) is 5.47. The highest BCUT2D eigenvalue weighted by atomic mass is 127. The quantitative estimate of drug-likeness (QED) is 0.359. The fourth-order valence-electron chi connectivity index (χ4n) is 3.61. The number of aryl methyl sites for hydroxylation is 2. The Hall–Kier alpha value is -1.42. The number of hydrogen-bond acceptors (Lipinski definition) is 4. The fraction of sp³-hybridized carbons (Fsp3) is 0.333. The monoisotopic (exact) mass is 540 g/mol. The summed E-state index contributed by atoms with van der Waals surface area (Å²) in [6.45, 7) is 1.24. The minimum absolute atomic E-state index is 0.0791. The number of fused-ring (bicyclic) bond motifs is 3. The van der Waals surface area contributed by atoms with Crippen LogP contribution >= 0.6 is 45.5 Å². The molecule has 4 rings (SSSR count). The van der Waals surface area contributed by atoms with Crippen LogP contribution in [-0.4, -0.2) is 28.3 Å². The zero-order valence-electron chi connectivity index (χ0n) is 15.8. The number of halogens is 2. The standard InChI is InChI=1S/C21H22ClIN4OS/c22-17-12-25-27-7-1-2-18-16(20(17)27)9-19(29-18)21(28)26-15(11-24)8-13-3-5-14(10-23)6-4-13/h3-6,9,12,15H,1-2,7-8,10-11,24H2,(H,26,28)/t15-/m0/s1. The smallest absolute Gasteiger partial charge is 0.261 e. The molecule has 0 saturated carbocycles. The van der Waals surface area contributed by atoms with E-state index in [2.05, 4.69) is 57.3 Å². The first kappa shape index (κ1) is 20.8. The van der Waals surface area contributed by atoms with E-state index in [1.807, 2.05) is 10.7 Å². The van der Waals surface area contributed by atoms with E-state index < -0.39 is 0 Å². The van der Waals surface area contributed by atoms with Gasteiger partial charge in [-0.3, -0.25) is 9.48 Å². The third kappa shape index (κ3) is 4.52. The van der Waals surface area contributed by atoms with E-state index in [1.165, 1.54) is 16.0 Å². The molecule has 0 fully saturated rings. The number of rotatable bonds is 6. The number of thiophene rings is 1. The molecule has 1 aromatic carbocycles. The molecule has 152 valence electrons. The molecule has 0 radical (unpaired) electrons. The van der Waals surface area contributed by atoms with Gasteiger partial charge in [-0.15, -0.1) is 11.3 Å². The molecule has 5 nitrogen and oxygen atoms in total. The lowest BCUT2D eigenvalue weighted by Crippen LogP contribution is -2.41. The van der Waals surface area contributed by atoms with Crippen LogP contribution in [0.25, 0.3) is 11.3 Å². The number of carbonyl (C=O) groups excluding carboxylic acids is 1. The van der Waals surface area contributed by atoms with E-state index >= 15 is 0 Å². The van der Waals surface area contributed by atoms with Gasteiger partial charge in [-0.2, -0.15) is 5.10 Å². The summed E-state index contributed by atoms with van der Waals surface area (Å²) in [4.78, 5) is 14.8. The summed E-state index contributed by atoms with van der Waals surface area (Å²) in [6, 6.07) is 10.3. The van der Waals surface area contributed by atoms with Gasteiger partial charge < -0.3 is 11.1 Å². The zero-order chi connectivity index (χ0) is 20.4. The van der Waals surface area contributed by atoms with Gasteiger partial charge in [-0.05, 0) is 36.5 Å². The highest BCUT2D eigenvalue weighted by molar-refractivity contribution is 14.1. The number of benzene rings is 1. The molecule has 1 aliphatic heterocycles. The van der Waals surface area contributed by atoms with Crippen LogP contribution in [0.2, 0.25) is 5.02 Å². The van der Waals surface area contributed by atoms with Crippen molar-refractivity contribution in [1.82, 2.24) is 15.1 Å². The predicted molar refractivity (Wildman–Crippen MR) is 127 cm³/mol. The van der Waals surface area contributed by atoms with Crippen molar-refractivity contribution in [2.24, 2.45) is 5.73 Å². The topological polar surface area (TPSA) is 72.9 Å². The van der Waals surface area contributed by atoms with E-state index in [9.17, 15) is 4.79 Å². The maximum Gasteiger partial charge on any atom is 0.261 e. The molecule has 0 spiro atoms. The van der Waals surface area contributed by atoms with Gasteiger partial charge in [-0.25, -0.2) is 0 Å². The van der Waals surface area contributed by atoms with E-state index in [0.717, 1.165) is 35.1 Å². The Balaban J connectivity index is 1.51. The van der Waals surface area contributed by atoms with Crippen LogP contribution in [0.1, 0.15) is 32.1 Å². The molecule has 0 bridgehead atoms. The van der Waals surface area contributed by atoms with Crippen molar-refractivity contribution in [3.63, 3.8) is 0 Å². The van der Waals surface area contributed by atoms with Gasteiger partial charge >= 0.3 is 0 Å². The summed E-state index contributed by atoms with van der Waals surface area (Å²) in [6.07, 6.45) is 4.30. The summed E-state index contributed by atoms with van der Waals surface area (Å²) in [5.74, 6) is -0.0791. The molecule has 29 heavy (non-hydrogen) atoms. The summed E-state index contributed by atoms with van der Waals surface area (Å²) >= 11 is 10.3. The van der Waals surface area contributed by atoms with Crippen LogP contribution in [-0.2, 0) is 23.8 Å². The number of aromatic nitrogens is 2. The SMILES string of the molecule is NC[C@H](Cc1ccc(CI)cc1)NC(=O)c1cc2c(s1)CCCn1ncc(Cl)c1-2. The summed E-state index contributed by atoms with van der Waals surface area (Å²) < 4.78 is 2.92. The van der Waals surface area contributed by atoms with Gasteiger partial charge in [0.1, 0.15) is 0 Å². The maximum atomic E-state index is 12.9. The zero-order valence-corrected chi connectivity index (χ0v) is 19.6. The van der Waals surface area contributed by atoms with E-state index in [1.54, 1.807) is 17.5 Å². The van der Waals surface area contributed by atoms with Crippen molar-refractivity contribution < 1.29 is 4.79 Å². The normalized spacial score (nSPS) is 14.0. The van der Waals surface area contributed by atoms with Gasteiger partial charge in [0.25, 0.3) is 5.91 Å². The second-order valence-corrected chi connectivity index (χ2v) is 9.48. The molecule has 2 aromatic heterocycles. The second kappa shape index (κ2) is 9.16. The number of nitrogens with zero attached hydrogens (tertiary/aromatic N) is 2. The summed E-state index contributed by atoms with van der Waals surface area (Å²) in [5, 5.41) is 8.10. The molecule has 3 N–H and O–H groups in total. The molecule has 3 aromatic rings. The van der Waals surface area contributed by atoms with E-state index in [0.29, 0.717) is 22.9 Å². The van der Waals surface area contributed by atoms with Gasteiger partial charge in [0.05, 0.1) is 21.8 Å². The molecule has 1 amide bonds. The van der Waals surface area contributed by atoms with Crippen molar-refractivity contribution in [1.29, 1.82) is 0 Å². The second-order valence-electron chi connectivity index (χ2n) is 7.18. The molecule has 1 atom stereocenters. The van der Waals surface area contributed by atoms with Crippen LogP contribution in [0.5, 0.6) is 0 Å². The Morgan fingerprint density at radius 3 is 2.83 bits per heavy atom. The highest BCUT2D eigenvalue weighted by Gasteiger charge is 2.24. The average Bonchev–Trinajstić information content (AvgIpc) is 3.26. The number of alkyl halides is 1. The lowest BCUT2D eigenvalue weighted by Gasteiger charge is -2.16. The highest BCUT2D eigenvalue weighted by Crippen LogP contribution is 2.38.